The lowest BCUT2D eigenvalue weighted by molar-refractivity contribution is -0.132. The van der Waals surface area contributed by atoms with Gasteiger partial charge in [0.25, 0.3) is 5.91 Å². The first-order valence-electron chi connectivity index (χ1n) is 11.0. The minimum atomic E-state index is -0.730. The van der Waals surface area contributed by atoms with Crippen LogP contribution in [0.1, 0.15) is 47.8 Å². The number of nitrogens with one attached hydrogen (secondary N) is 3. The van der Waals surface area contributed by atoms with Crippen LogP contribution in [0.4, 0.5) is 5.69 Å². The molecule has 3 heterocycles. The minimum absolute atomic E-state index is 0.0110. The third-order valence-electron chi connectivity index (χ3n) is 6.34. The van der Waals surface area contributed by atoms with E-state index >= 15 is 0 Å². The molecular formula is C24H25N5O3. The number of para-hydroxylation sites is 3. The number of imidazole rings is 1. The van der Waals surface area contributed by atoms with Crippen LogP contribution >= 0.6 is 0 Å². The van der Waals surface area contributed by atoms with Gasteiger partial charge in [0.15, 0.2) is 0 Å². The SMILES string of the molecule is O=C1N[C@H](CCC(=O)N2CCC(c3nc4ccccc4[nH]3)CC2)C(=O)Nc2ccccc21. The molecule has 3 N–H and O–H groups in total. The smallest absolute Gasteiger partial charge is 0.254 e. The van der Waals surface area contributed by atoms with Crippen molar-refractivity contribution >= 4 is 34.4 Å². The number of aromatic amines is 1. The highest BCUT2D eigenvalue weighted by Gasteiger charge is 2.30. The molecule has 32 heavy (non-hydrogen) atoms. The van der Waals surface area contributed by atoms with Crippen LogP contribution < -0.4 is 10.6 Å². The Bertz CT molecular complexity index is 1150. The van der Waals surface area contributed by atoms with Crippen LogP contribution in [0.5, 0.6) is 0 Å². The molecule has 0 unspecified atom stereocenters. The van der Waals surface area contributed by atoms with Crippen LogP contribution in [0.2, 0.25) is 0 Å². The summed E-state index contributed by atoms with van der Waals surface area (Å²) in [6.07, 6.45) is 2.18. The second-order valence-electron chi connectivity index (χ2n) is 8.39. The standard InChI is InChI=1S/C24H25N5O3/c30-21(10-9-20-24(32)27-17-6-2-1-5-16(17)23(31)28-20)29-13-11-15(12-14-29)22-25-18-7-3-4-8-19(18)26-22/h1-8,15,20H,9-14H2,(H,25,26)(H,27,32)(H,28,31)/t20-/m1/s1. The Balaban J connectivity index is 1.15. The molecule has 3 aromatic rings. The Morgan fingerprint density at radius 1 is 1.03 bits per heavy atom. The first kappa shape index (κ1) is 20.2. The molecule has 164 valence electrons. The number of fused-ring (bicyclic) bond motifs is 2. The predicted octanol–water partition coefficient (Wildman–Crippen LogP) is 2.80. The molecule has 5 rings (SSSR count). The van der Waals surface area contributed by atoms with E-state index in [0.717, 1.165) is 29.7 Å². The summed E-state index contributed by atoms with van der Waals surface area (Å²) in [6.45, 7) is 1.32. The van der Waals surface area contributed by atoms with Crippen LogP contribution in [0.3, 0.4) is 0 Å². The van der Waals surface area contributed by atoms with E-state index in [1.54, 1.807) is 24.3 Å². The van der Waals surface area contributed by atoms with Crippen molar-refractivity contribution in [3.8, 4) is 0 Å². The molecule has 0 bridgehead atoms. The number of hydrogen-bond donors (Lipinski definition) is 3. The summed E-state index contributed by atoms with van der Waals surface area (Å²) in [6, 6.07) is 14.1. The summed E-state index contributed by atoms with van der Waals surface area (Å²) in [4.78, 5) is 47.7. The monoisotopic (exact) mass is 431 g/mol. The maximum atomic E-state index is 12.8. The molecule has 2 aliphatic rings. The molecular weight excluding hydrogens is 406 g/mol. The van der Waals surface area contributed by atoms with E-state index in [9.17, 15) is 14.4 Å². The third-order valence-corrected chi connectivity index (χ3v) is 6.34. The number of nitrogens with zero attached hydrogens (tertiary/aromatic N) is 2. The normalized spacial score (nSPS) is 19.2. The second kappa shape index (κ2) is 8.45. The van der Waals surface area contributed by atoms with E-state index in [1.165, 1.54) is 0 Å². The highest BCUT2D eigenvalue weighted by atomic mass is 16.2. The molecule has 2 aliphatic heterocycles. The van der Waals surface area contributed by atoms with Gasteiger partial charge in [-0.2, -0.15) is 0 Å². The zero-order valence-corrected chi connectivity index (χ0v) is 17.6. The number of carbonyl (C=O) groups is 3. The van der Waals surface area contributed by atoms with E-state index < -0.39 is 6.04 Å². The number of carbonyl (C=O) groups excluding carboxylic acids is 3. The number of benzene rings is 2. The highest BCUT2D eigenvalue weighted by molar-refractivity contribution is 6.09. The number of likely N-dealkylation sites (tertiary alicyclic amines) is 1. The van der Waals surface area contributed by atoms with Gasteiger partial charge in [0, 0.05) is 25.4 Å². The number of piperidine rings is 1. The van der Waals surface area contributed by atoms with Crippen LogP contribution in [-0.4, -0.2) is 51.7 Å². The number of anilines is 1. The zero-order chi connectivity index (χ0) is 22.1. The van der Waals surface area contributed by atoms with Crippen molar-refractivity contribution in [3.05, 3.63) is 59.9 Å². The molecule has 2 aromatic carbocycles. The van der Waals surface area contributed by atoms with E-state index in [0.29, 0.717) is 30.3 Å². The fourth-order valence-corrected chi connectivity index (χ4v) is 4.51. The van der Waals surface area contributed by atoms with Gasteiger partial charge in [0.2, 0.25) is 11.8 Å². The number of hydrogen-bond acceptors (Lipinski definition) is 4. The van der Waals surface area contributed by atoms with Gasteiger partial charge in [-0.3, -0.25) is 14.4 Å². The Kier molecular flexibility index (Phi) is 5.34. The van der Waals surface area contributed by atoms with Crippen LogP contribution in [0.25, 0.3) is 11.0 Å². The van der Waals surface area contributed by atoms with Crippen LogP contribution in [0, 0.1) is 0 Å². The summed E-state index contributed by atoms with van der Waals surface area (Å²) < 4.78 is 0. The van der Waals surface area contributed by atoms with Crippen molar-refractivity contribution in [2.24, 2.45) is 0 Å². The molecule has 0 saturated carbocycles. The van der Waals surface area contributed by atoms with E-state index in [-0.39, 0.29) is 30.6 Å². The second-order valence-corrected chi connectivity index (χ2v) is 8.39. The van der Waals surface area contributed by atoms with Gasteiger partial charge in [0.05, 0.1) is 22.3 Å². The van der Waals surface area contributed by atoms with Gasteiger partial charge in [0.1, 0.15) is 11.9 Å². The molecule has 0 aliphatic carbocycles. The first-order valence-corrected chi connectivity index (χ1v) is 11.0. The van der Waals surface area contributed by atoms with Crippen LogP contribution in [-0.2, 0) is 9.59 Å². The van der Waals surface area contributed by atoms with Gasteiger partial charge >= 0.3 is 0 Å². The molecule has 1 fully saturated rings. The van der Waals surface area contributed by atoms with Crippen molar-refractivity contribution in [3.63, 3.8) is 0 Å². The highest BCUT2D eigenvalue weighted by Crippen LogP contribution is 2.28. The number of rotatable bonds is 4. The minimum Gasteiger partial charge on any atom is -0.343 e. The largest absolute Gasteiger partial charge is 0.343 e. The lowest BCUT2D eigenvalue weighted by Crippen LogP contribution is -2.43. The zero-order valence-electron chi connectivity index (χ0n) is 17.6. The summed E-state index contributed by atoms with van der Waals surface area (Å²) in [5.41, 5.74) is 2.93. The van der Waals surface area contributed by atoms with Gasteiger partial charge in [-0.05, 0) is 43.5 Å². The molecule has 0 spiro atoms. The fraction of sp³-hybridized carbons (Fsp3) is 0.333. The fourth-order valence-electron chi connectivity index (χ4n) is 4.51. The van der Waals surface area contributed by atoms with Gasteiger partial charge in [-0.15, -0.1) is 0 Å². The van der Waals surface area contributed by atoms with Gasteiger partial charge in [-0.25, -0.2) is 4.98 Å². The third kappa shape index (κ3) is 3.95. The van der Waals surface area contributed by atoms with Crippen molar-refractivity contribution in [1.29, 1.82) is 0 Å². The molecule has 8 nitrogen and oxygen atoms in total. The number of aromatic nitrogens is 2. The van der Waals surface area contributed by atoms with Crippen molar-refractivity contribution < 1.29 is 14.4 Å². The van der Waals surface area contributed by atoms with Gasteiger partial charge < -0.3 is 20.5 Å². The van der Waals surface area contributed by atoms with E-state index in [2.05, 4.69) is 15.6 Å². The van der Waals surface area contributed by atoms with E-state index in [4.69, 9.17) is 4.98 Å². The molecule has 1 aromatic heterocycles. The summed E-state index contributed by atoms with van der Waals surface area (Å²) in [5.74, 6) is 0.701. The number of amides is 3. The maximum absolute atomic E-state index is 12.8. The Morgan fingerprint density at radius 3 is 2.59 bits per heavy atom. The summed E-state index contributed by atoms with van der Waals surface area (Å²) in [7, 11) is 0. The average molecular weight is 431 g/mol. The lowest BCUT2D eigenvalue weighted by Gasteiger charge is -2.31. The van der Waals surface area contributed by atoms with Crippen LogP contribution in [0.15, 0.2) is 48.5 Å². The van der Waals surface area contributed by atoms with Crippen molar-refractivity contribution in [2.45, 2.75) is 37.6 Å². The summed E-state index contributed by atoms with van der Waals surface area (Å²) in [5, 5.41) is 5.53. The maximum Gasteiger partial charge on any atom is 0.254 e. The molecule has 0 radical (unpaired) electrons. The molecule has 1 saturated heterocycles. The van der Waals surface area contributed by atoms with E-state index in [1.807, 2.05) is 29.2 Å². The average Bonchev–Trinajstić information content (AvgIpc) is 3.21. The number of H-pyrrole nitrogens is 1. The Labute approximate surface area is 185 Å². The predicted molar refractivity (Wildman–Crippen MR) is 120 cm³/mol. The van der Waals surface area contributed by atoms with Crippen molar-refractivity contribution in [1.82, 2.24) is 20.2 Å². The Morgan fingerprint density at radius 2 is 1.78 bits per heavy atom. The summed E-state index contributed by atoms with van der Waals surface area (Å²) >= 11 is 0. The topological polar surface area (TPSA) is 107 Å². The first-order chi connectivity index (χ1) is 15.6. The van der Waals surface area contributed by atoms with Crippen molar-refractivity contribution in [2.75, 3.05) is 18.4 Å². The lowest BCUT2D eigenvalue weighted by atomic mass is 9.95. The Hall–Kier alpha value is -3.68. The molecule has 8 heteroatoms. The quantitative estimate of drug-likeness (QED) is 0.590. The molecule has 1 atom stereocenters. The van der Waals surface area contributed by atoms with Gasteiger partial charge in [-0.1, -0.05) is 24.3 Å². The molecule has 3 amide bonds.